The van der Waals surface area contributed by atoms with Gasteiger partial charge in [-0.25, -0.2) is 5.43 Å². The number of hydrazone groups is 1. The van der Waals surface area contributed by atoms with Gasteiger partial charge < -0.3 is 15.5 Å². The first-order valence-electron chi connectivity index (χ1n) is 12.4. The van der Waals surface area contributed by atoms with Crippen LogP contribution >= 0.6 is 0 Å². The van der Waals surface area contributed by atoms with Crippen LogP contribution in [0, 0.1) is 28.6 Å². The zero-order valence-electron chi connectivity index (χ0n) is 22.1. The van der Waals surface area contributed by atoms with Crippen LogP contribution in [-0.4, -0.2) is 65.6 Å². The lowest BCUT2D eigenvalue weighted by molar-refractivity contribution is -0.177. The van der Waals surface area contributed by atoms with Crippen LogP contribution in [0.15, 0.2) is 35.4 Å². The lowest BCUT2D eigenvalue weighted by atomic mass is 9.77. The Balaban J connectivity index is 2.00. The van der Waals surface area contributed by atoms with Crippen molar-refractivity contribution < 1.29 is 32.3 Å². The van der Waals surface area contributed by atoms with Crippen LogP contribution in [0.4, 0.5) is 13.2 Å². The van der Waals surface area contributed by atoms with E-state index in [4.69, 9.17) is 0 Å². The average molecular weight is 549 g/mol. The van der Waals surface area contributed by atoms with E-state index in [1.807, 2.05) is 12.1 Å². The Labute approximate surface area is 224 Å². The molecule has 1 spiro atoms. The zero-order chi connectivity index (χ0) is 29.2. The number of nitriles is 1. The van der Waals surface area contributed by atoms with Gasteiger partial charge in [-0.1, -0.05) is 44.2 Å². The predicted octanol–water partition coefficient (Wildman–Crippen LogP) is 1.87. The van der Waals surface area contributed by atoms with Crippen molar-refractivity contribution >= 4 is 29.3 Å². The maximum atomic E-state index is 14.0. The van der Waals surface area contributed by atoms with E-state index in [0.29, 0.717) is 5.71 Å². The number of hydrogen-bond donors (Lipinski definition) is 3. The summed E-state index contributed by atoms with van der Waals surface area (Å²) in [5, 5.41) is 18.1. The molecule has 0 radical (unpaired) electrons. The minimum Gasteiger partial charge on any atom is -0.357 e. The molecular formula is C26H31F3N6O4. The van der Waals surface area contributed by atoms with Crippen LogP contribution in [0.25, 0.3) is 0 Å². The highest BCUT2D eigenvalue weighted by atomic mass is 19.4. The van der Waals surface area contributed by atoms with Crippen LogP contribution in [0.3, 0.4) is 0 Å². The molecule has 3 rings (SSSR count). The number of alkyl halides is 3. The second-order valence-corrected chi connectivity index (χ2v) is 10.6. The largest absolute Gasteiger partial charge is 0.471 e. The Kier molecular flexibility index (Phi) is 8.38. The van der Waals surface area contributed by atoms with E-state index in [0.717, 1.165) is 17.4 Å². The monoisotopic (exact) mass is 548 g/mol. The predicted molar refractivity (Wildman–Crippen MR) is 134 cm³/mol. The molecule has 1 saturated heterocycles. The number of carbonyl (C=O) groups is 4. The second kappa shape index (κ2) is 11.0. The molecule has 4 atom stereocenters. The Morgan fingerprint density at radius 3 is 2.41 bits per heavy atom. The van der Waals surface area contributed by atoms with Crippen LogP contribution in [0.1, 0.15) is 45.6 Å². The normalized spacial score (nSPS) is 23.4. The van der Waals surface area contributed by atoms with Gasteiger partial charge in [-0.3, -0.25) is 19.2 Å². The summed E-state index contributed by atoms with van der Waals surface area (Å²) < 4.78 is 39.6. The molecule has 10 nitrogen and oxygen atoms in total. The summed E-state index contributed by atoms with van der Waals surface area (Å²) >= 11 is 0. The third-order valence-electron chi connectivity index (χ3n) is 7.28. The van der Waals surface area contributed by atoms with Crippen molar-refractivity contribution in [1.29, 1.82) is 5.26 Å². The third-order valence-corrected chi connectivity index (χ3v) is 7.28. The highest BCUT2D eigenvalue weighted by molar-refractivity contribution is 6.06. The Bertz CT molecular complexity index is 1210. The number of nitrogens with one attached hydrogen (secondary N) is 3. The van der Waals surface area contributed by atoms with Crippen molar-refractivity contribution in [2.75, 3.05) is 13.6 Å². The molecule has 1 unspecified atom stereocenters. The number of amides is 4. The van der Waals surface area contributed by atoms with Crippen LogP contribution in [0.2, 0.25) is 0 Å². The van der Waals surface area contributed by atoms with Crippen LogP contribution in [0.5, 0.6) is 0 Å². The minimum atomic E-state index is -5.30. The zero-order valence-corrected chi connectivity index (χ0v) is 22.1. The quantitative estimate of drug-likeness (QED) is 0.477. The number of rotatable bonds is 7. The maximum absolute atomic E-state index is 14.0. The van der Waals surface area contributed by atoms with Gasteiger partial charge in [0.1, 0.15) is 11.6 Å². The fourth-order valence-corrected chi connectivity index (χ4v) is 5.22. The van der Waals surface area contributed by atoms with E-state index in [9.17, 15) is 37.6 Å². The lowest BCUT2D eigenvalue weighted by Crippen LogP contribution is -2.66. The molecule has 2 aliphatic heterocycles. The molecule has 0 aromatic heterocycles. The summed E-state index contributed by atoms with van der Waals surface area (Å²) in [7, 11) is 1.18. The van der Waals surface area contributed by atoms with E-state index in [1.165, 1.54) is 7.05 Å². The molecule has 0 aliphatic carbocycles. The first kappa shape index (κ1) is 29.6. The Hall–Kier alpha value is -3.95. The molecule has 1 aromatic rings. The number of benzene rings is 1. The van der Waals surface area contributed by atoms with Gasteiger partial charge in [-0.05, 0) is 31.2 Å². The molecule has 0 saturated carbocycles. The average Bonchev–Trinajstić information content (AvgIpc) is 3.27. The summed E-state index contributed by atoms with van der Waals surface area (Å²) in [6.45, 7) is 4.26. The van der Waals surface area contributed by atoms with E-state index < -0.39 is 52.7 Å². The van der Waals surface area contributed by atoms with E-state index in [1.54, 1.807) is 43.4 Å². The Morgan fingerprint density at radius 1 is 1.23 bits per heavy atom. The number of hydrogen-bond acceptors (Lipinski definition) is 6. The minimum absolute atomic E-state index is 0.0348. The number of nitrogens with zero attached hydrogens (tertiary/aromatic N) is 3. The van der Waals surface area contributed by atoms with Gasteiger partial charge in [0.15, 0.2) is 0 Å². The number of likely N-dealkylation sites (N-methyl/N-ethyl adjacent to an activating group) is 1. The molecule has 3 N–H and O–H groups in total. The third kappa shape index (κ3) is 5.89. The van der Waals surface area contributed by atoms with Gasteiger partial charge in [0.25, 0.3) is 0 Å². The molecule has 0 bridgehead atoms. The van der Waals surface area contributed by atoms with E-state index >= 15 is 0 Å². The van der Waals surface area contributed by atoms with Gasteiger partial charge in [-0.2, -0.15) is 23.5 Å². The van der Waals surface area contributed by atoms with E-state index in [-0.39, 0.29) is 31.7 Å². The molecule has 210 valence electrons. The van der Waals surface area contributed by atoms with Gasteiger partial charge in [0, 0.05) is 20.0 Å². The van der Waals surface area contributed by atoms with Gasteiger partial charge >= 0.3 is 12.1 Å². The molecule has 2 aliphatic rings. The summed E-state index contributed by atoms with van der Waals surface area (Å²) in [5.41, 5.74) is 0.259. The highest BCUT2D eigenvalue weighted by Gasteiger charge is 2.57. The fraction of sp³-hybridized carbons (Fsp3) is 0.538. The fourth-order valence-electron chi connectivity index (χ4n) is 5.22. The molecule has 2 heterocycles. The first-order chi connectivity index (χ1) is 18.2. The molecule has 13 heteroatoms. The van der Waals surface area contributed by atoms with E-state index in [2.05, 4.69) is 15.8 Å². The van der Waals surface area contributed by atoms with Crippen molar-refractivity contribution in [3.63, 3.8) is 0 Å². The SMILES string of the molecule is CNC(=O)C(C)(NC(=O)C(F)(F)F)[C@H](CC(C)C)C(=O)N1C[C@]2(CC(c3ccccc3)=NNC2=O)C[C@H]1C#N. The lowest BCUT2D eigenvalue weighted by Gasteiger charge is -2.39. The Morgan fingerprint density at radius 2 is 1.87 bits per heavy atom. The topological polar surface area (TPSA) is 144 Å². The summed E-state index contributed by atoms with van der Waals surface area (Å²) in [6, 6.07) is 9.96. The standard InChI is InChI=1S/C26H31F3N6O4/c1-15(2)10-18(24(3,21(37)31-4)32-23(39)26(27,28)29)20(36)35-14-25(11-17(35)13-30)12-19(33-34-22(25)38)16-8-6-5-7-9-16/h5-9,15,17-18H,10-12,14H2,1-4H3,(H,31,37)(H,32,39)(H,34,38)/t17-,18+,24?,25+/m0/s1. The smallest absolute Gasteiger partial charge is 0.357 e. The van der Waals surface area contributed by atoms with Crippen molar-refractivity contribution in [1.82, 2.24) is 21.0 Å². The number of likely N-dealkylation sites (tertiary alicyclic amines) is 1. The van der Waals surface area contributed by atoms with Crippen LogP contribution in [-0.2, 0) is 19.2 Å². The van der Waals surface area contributed by atoms with Crippen molar-refractivity contribution in [2.24, 2.45) is 22.4 Å². The van der Waals surface area contributed by atoms with Crippen molar-refractivity contribution in [3.8, 4) is 6.07 Å². The van der Waals surface area contributed by atoms with Crippen molar-refractivity contribution in [3.05, 3.63) is 35.9 Å². The summed E-state index contributed by atoms with van der Waals surface area (Å²) in [4.78, 5) is 53.1. The number of carbonyl (C=O) groups excluding carboxylic acids is 4. The van der Waals surface area contributed by atoms with Crippen LogP contribution < -0.4 is 16.1 Å². The molecular weight excluding hydrogens is 517 g/mol. The molecule has 1 aromatic carbocycles. The highest BCUT2D eigenvalue weighted by Crippen LogP contribution is 2.42. The number of halogens is 3. The first-order valence-corrected chi connectivity index (χ1v) is 12.4. The maximum Gasteiger partial charge on any atom is 0.471 e. The molecule has 1 fully saturated rings. The molecule has 4 amide bonds. The van der Waals surface area contributed by atoms with Gasteiger partial charge in [0.2, 0.25) is 17.7 Å². The van der Waals surface area contributed by atoms with Gasteiger partial charge in [0.05, 0.1) is 23.1 Å². The molecule has 39 heavy (non-hydrogen) atoms. The summed E-state index contributed by atoms with van der Waals surface area (Å²) in [5.74, 6) is -6.42. The van der Waals surface area contributed by atoms with Gasteiger partial charge in [-0.15, -0.1) is 0 Å². The second-order valence-electron chi connectivity index (χ2n) is 10.6. The van der Waals surface area contributed by atoms with Crippen molar-refractivity contribution in [2.45, 2.75) is 57.8 Å². The summed E-state index contributed by atoms with van der Waals surface area (Å²) in [6.07, 6.45) is -5.30.